The Morgan fingerprint density at radius 2 is 1.65 bits per heavy atom. The van der Waals surface area contributed by atoms with Gasteiger partial charge in [-0.3, -0.25) is 19.2 Å². The van der Waals surface area contributed by atoms with Gasteiger partial charge in [0, 0.05) is 47.7 Å². The second kappa shape index (κ2) is 13.0. The van der Waals surface area contributed by atoms with E-state index >= 15 is 0 Å². The molecule has 2 saturated heterocycles. The number of carbonyl (C=O) groups is 5. The molecule has 3 amide bonds. The lowest BCUT2D eigenvalue weighted by atomic mass is 9.49. The van der Waals surface area contributed by atoms with Crippen molar-refractivity contribution in [1.82, 2.24) is 16.0 Å². The maximum absolute atomic E-state index is 14.0. The molecule has 1 unspecified atom stereocenters. The molecule has 0 aromatic rings. The highest BCUT2D eigenvalue weighted by molar-refractivity contribution is 5.92. The highest BCUT2D eigenvalue weighted by Gasteiger charge is 2.93. The molecule has 12 nitrogen and oxygen atoms in total. The number of esters is 2. The van der Waals surface area contributed by atoms with Gasteiger partial charge in [0.2, 0.25) is 17.7 Å². The van der Waals surface area contributed by atoms with Gasteiger partial charge in [0.15, 0.2) is 0 Å². The van der Waals surface area contributed by atoms with Crippen LogP contribution in [-0.4, -0.2) is 85.4 Å². The first-order valence-electron chi connectivity index (χ1n) is 21.4. The van der Waals surface area contributed by atoms with Crippen LogP contribution in [0.4, 0.5) is 0 Å². The monoisotopic (exact) mass is 763 g/mol. The molecule has 10 rings (SSSR count). The average molecular weight is 764 g/mol. The number of cyclic esters (lactones) is 1. The molecule has 0 aromatic carbocycles. The van der Waals surface area contributed by atoms with Crippen LogP contribution in [0.2, 0.25) is 0 Å². The molecular weight excluding hydrogens is 702 g/mol. The molecule has 12 heteroatoms. The molecule has 8 fully saturated rings. The lowest BCUT2D eigenvalue weighted by molar-refractivity contribution is -0.265. The summed E-state index contributed by atoms with van der Waals surface area (Å²) in [5.74, 6) is 1.32. The lowest BCUT2D eigenvalue weighted by Gasteiger charge is -2.61. The Balaban J connectivity index is 0.868. The largest absolute Gasteiger partial charge is 0.458 e. The van der Waals surface area contributed by atoms with Gasteiger partial charge < -0.3 is 34.9 Å². The Labute approximate surface area is 324 Å². The molecule has 0 aromatic heterocycles. The van der Waals surface area contributed by atoms with Gasteiger partial charge in [0.05, 0.1) is 19.1 Å². The summed E-state index contributed by atoms with van der Waals surface area (Å²) in [5, 5.41) is 8.96. The topological polar surface area (TPSA) is 162 Å². The molecule has 1 spiro atoms. The minimum Gasteiger partial charge on any atom is -0.458 e. The Bertz CT molecular complexity index is 1670. The Morgan fingerprint density at radius 1 is 0.945 bits per heavy atom. The standard InChI is InChI=1S/C43H61N3O9/c1-23(2)42-20-30(42)34-43(55-34)39(4)11-9-28-29(21-52-36(28)50)31(39)22-53-40(43,5)37(42)54-33(48)10-13-45-35(49)32(8-6-7-12-44-24(3)47)46-38(51)41-17-25-14-26(18-41)16-27(15-25)19-41/h23,25-27,30-32,34,37H,6-22H2,1-5H3,(H,44,47)(H,45,49)(H,46,51)/t25?,26?,27?,30-,31?,32-,34-,37-,39-,40+,41?,42+,43+/m0/s1. The van der Waals surface area contributed by atoms with Gasteiger partial charge in [-0.25, -0.2) is 4.79 Å². The number of fused-ring (bicyclic) bond motifs is 4. The van der Waals surface area contributed by atoms with Crippen molar-refractivity contribution in [3.05, 3.63) is 11.1 Å². The number of amides is 3. The van der Waals surface area contributed by atoms with Gasteiger partial charge >= 0.3 is 11.9 Å². The number of ether oxygens (including phenoxy) is 4. The van der Waals surface area contributed by atoms with Crippen molar-refractivity contribution >= 4 is 29.7 Å². The summed E-state index contributed by atoms with van der Waals surface area (Å²) in [4.78, 5) is 65.6. The van der Waals surface area contributed by atoms with E-state index < -0.39 is 29.3 Å². The molecule has 3 aliphatic heterocycles. The number of rotatable bonds is 13. The molecule has 7 aliphatic carbocycles. The zero-order chi connectivity index (χ0) is 38.7. The maximum Gasteiger partial charge on any atom is 0.334 e. The van der Waals surface area contributed by atoms with Crippen molar-refractivity contribution in [1.29, 1.82) is 0 Å². The van der Waals surface area contributed by atoms with Gasteiger partial charge in [0.25, 0.3) is 0 Å². The number of unbranched alkanes of at least 4 members (excludes halogenated alkanes) is 1. The fraction of sp³-hybridized carbons (Fsp3) is 0.837. The zero-order valence-corrected chi connectivity index (χ0v) is 33.4. The maximum atomic E-state index is 14.0. The number of nitrogens with one attached hydrogen (secondary N) is 3. The van der Waals surface area contributed by atoms with Crippen LogP contribution in [0.5, 0.6) is 0 Å². The van der Waals surface area contributed by atoms with Crippen LogP contribution in [0.15, 0.2) is 11.1 Å². The summed E-state index contributed by atoms with van der Waals surface area (Å²) < 4.78 is 25.8. The summed E-state index contributed by atoms with van der Waals surface area (Å²) >= 11 is 0. The van der Waals surface area contributed by atoms with Crippen LogP contribution in [0.25, 0.3) is 0 Å². The summed E-state index contributed by atoms with van der Waals surface area (Å²) in [6.07, 6.45) is 10.0. The van der Waals surface area contributed by atoms with Gasteiger partial charge in [-0.05, 0) is 119 Å². The van der Waals surface area contributed by atoms with Crippen LogP contribution in [-0.2, 0) is 42.9 Å². The number of carbonyl (C=O) groups excluding carboxylic acids is 5. The molecule has 4 bridgehead atoms. The molecular formula is C43H61N3O9. The molecule has 302 valence electrons. The first kappa shape index (κ1) is 37.6. The van der Waals surface area contributed by atoms with E-state index in [2.05, 4.69) is 43.6 Å². The van der Waals surface area contributed by atoms with Crippen LogP contribution in [0, 0.1) is 51.8 Å². The second-order valence-corrected chi connectivity index (χ2v) is 19.9. The third-order valence-corrected chi connectivity index (χ3v) is 16.7. The van der Waals surface area contributed by atoms with E-state index in [1.807, 2.05) is 0 Å². The quantitative estimate of drug-likeness (QED) is 0.141. The van der Waals surface area contributed by atoms with E-state index in [9.17, 15) is 24.0 Å². The molecule has 0 radical (unpaired) electrons. The van der Waals surface area contributed by atoms with Gasteiger partial charge in [0.1, 0.15) is 30.0 Å². The lowest BCUT2D eigenvalue weighted by Crippen LogP contribution is -2.73. The van der Waals surface area contributed by atoms with Crippen molar-refractivity contribution in [3.63, 3.8) is 0 Å². The van der Waals surface area contributed by atoms with Crippen LogP contribution < -0.4 is 16.0 Å². The summed E-state index contributed by atoms with van der Waals surface area (Å²) in [6, 6.07) is -0.720. The fourth-order valence-corrected chi connectivity index (χ4v) is 14.3. The Kier molecular flexibility index (Phi) is 8.89. The van der Waals surface area contributed by atoms with Crippen molar-refractivity contribution in [2.45, 2.75) is 148 Å². The molecule has 3 heterocycles. The molecule has 10 aliphatic rings. The number of epoxide rings is 1. The van der Waals surface area contributed by atoms with E-state index in [-0.39, 0.29) is 76.8 Å². The van der Waals surface area contributed by atoms with E-state index in [0.717, 1.165) is 43.3 Å². The van der Waals surface area contributed by atoms with Crippen LogP contribution >= 0.6 is 0 Å². The SMILES string of the molecule is CC(=O)NCCCC[C@H](NC(=O)C12CC3CC(CC(C3)C1)C2)C(=O)NCCC(=O)O[C@@H]1[C@@]2(C(C)C)C[C@H]2[C@@H]2O[C@@]23[C@@]2(C)CCC4=C(COC4=O)C2CO[C@]13C. The van der Waals surface area contributed by atoms with Crippen LogP contribution in [0.3, 0.4) is 0 Å². The Hall–Kier alpha value is -2.99. The number of hydrogen-bond donors (Lipinski definition) is 3. The third kappa shape index (κ3) is 5.52. The minimum atomic E-state index is -0.884. The van der Waals surface area contributed by atoms with Crippen molar-refractivity contribution < 1.29 is 42.9 Å². The van der Waals surface area contributed by atoms with Crippen molar-refractivity contribution in [3.8, 4) is 0 Å². The summed E-state index contributed by atoms with van der Waals surface area (Å²) in [7, 11) is 0. The molecule has 9 atom stereocenters. The predicted molar refractivity (Wildman–Crippen MR) is 199 cm³/mol. The highest BCUT2D eigenvalue weighted by Crippen LogP contribution is 2.82. The third-order valence-electron chi connectivity index (χ3n) is 16.7. The Morgan fingerprint density at radius 3 is 2.33 bits per heavy atom. The van der Waals surface area contributed by atoms with E-state index in [4.69, 9.17) is 18.9 Å². The average Bonchev–Trinajstić information content (AvgIpc) is 4.02. The van der Waals surface area contributed by atoms with E-state index in [1.54, 1.807) is 0 Å². The van der Waals surface area contributed by atoms with Gasteiger partial charge in [-0.2, -0.15) is 0 Å². The van der Waals surface area contributed by atoms with Crippen LogP contribution in [0.1, 0.15) is 118 Å². The van der Waals surface area contributed by atoms with Gasteiger partial charge in [-0.15, -0.1) is 0 Å². The smallest absolute Gasteiger partial charge is 0.334 e. The zero-order valence-electron chi connectivity index (χ0n) is 33.4. The summed E-state index contributed by atoms with van der Waals surface area (Å²) in [5.41, 5.74) is -0.637. The second-order valence-electron chi connectivity index (χ2n) is 19.9. The van der Waals surface area contributed by atoms with E-state index in [1.165, 1.54) is 26.2 Å². The summed E-state index contributed by atoms with van der Waals surface area (Å²) in [6.45, 7) is 11.6. The minimum absolute atomic E-state index is 0.000537. The highest BCUT2D eigenvalue weighted by atomic mass is 16.7. The normalized spacial score (nSPS) is 44.3. The van der Waals surface area contributed by atoms with Crippen molar-refractivity contribution in [2.75, 3.05) is 26.3 Å². The molecule has 3 N–H and O–H groups in total. The first-order valence-corrected chi connectivity index (χ1v) is 21.4. The molecule has 6 saturated carbocycles. The first-order chi connectivity index (χ1) is 26.2. The predicted octanol–water partition coefficient (Wildman–Crippen LogP) is 4.28. The fourth-order valence-electron chi connectivity index (χ4n) is 14.3. The number of hydrogen-bond acceptors (Lipinski definition) is 9. The van der Waals surface area contributed by atoms with E-state index in [0.29, 0.717) is 63.2 Å². The molecule has 55 heavy (non-hydrogen) atoms. The van der Waals surface area contributed by atoms with Crippen molar-refractivity contribution in [2.24, 2.45) is 51.8 Å². The van der Waals surface area contributed by atoms with Gasteiger partial charge in [-0.1, -0.05) is 20.8 Å².